The van der Waals surface area contributed by atoms with Crippen molar-refractivity contribution < 1.29 is 29.2 Å². The van der Waals surface area contributed by atoms with Gasteiger partial charge in [0.05, 0.1) is 38.3 Å². The number of nitrogens with zero attached hydrogens (tertiary/aromatic N) is 6. The second-order valence-electron chi connectivity index (χ2n) is 7.38. The summed E-state index contributed by atoms with van der Waals surface area (Å²) in [5.41, 5.74) is 1.64. The number of carbonyl (C=O) groups is 1. The van der Waals surface area contributed by atoms with Crippen LogP contribution >= 0.6 is 0 Å². The summed E-state index contributed by atoms with van der Waals surface area (Å²) in [4.78, 5) is 22.9. The van der Waals surface area contributed by atoms with E-state index >= 15 is 0 Å². The Hall–Kier alpha value is -4.51. The highest BCUT2D eigenvalue weighted by Gasteiger charge is 2.13. The van der Waals surface area contributed by atoms with Gasteiger partial charge in [0.15, 0.2) is 18.7 Å². The molecule has 0 saturated carbocycles. The van der Waals surface area contributed by atoms with E-state index in [0.29, 0.717) is 49.8 Å². The second kappa shape index (κ2) is 17.0. The van der Waals surface area contributed by atoms with Crippen LogP contribution in [0.15, 0.2) is 88.0 Å². The first-order valence-corrected chi connectivity index (χ1v) is 10.8. The Morgan fingerprint density at radius 3 is 2.44 bits per heavy atom. The molecule has 0 amide bonds. The molecule has 1 aromatic heterocycles. The third-order valence-electron chi connectivity index (χ3n) is 4.67. The lowest BCUT2D eigenvalue weighted by atomic mass is 10.1. The van der Waals surface area contributed by atoms with Crippen LogP contribution in [0.4, 0.5) is 0 Å². The third kappa shape index (κ3) is 11.1. The van der Waals surface area contributed by atoms with Gasteiger partial charge in [-0.2, -0.15) is 4.57 Å². The predicted molar refractivity (Wildman–Crippen MR) is 134 cm³/mol. The van der Waals surface area contributed by atoms with Gasteiger partial charge in [-0.05, 0) is 22.9 Å². The lowest BCUT2D eigenvalue weighted by molar-refractivity contribution is -0.733. The number of oxime groups is 2. The highest BCUT2D eigenvalue weighted by molar-refractivity contribution is 6.06. The molecular formula is C24H28N6O6+2. The van der Waals surface area contributed by atoms with Crippen LogP contribution in [0.5, 0.6) is 0 Å². The number of hydrogen-bond acceptors (Lipinski definition) is 10. The smallest absolute Gasteiger partial charge is 0.292 e. The molecule has 2 N–H and O–H groups in total. The molecular weight excluding hydrogens is 468 g/mol. The molecule has 2 rings (SSSR count). The average Bonchev–Trinajstić information content (AvgIpc) is 2.90. The lowest BCUT2D eigenvalue weighted by Gasteiger charge is -2.20. The molecule has 12 heteroatoms. The Kier molecular flexibility index (Phi) is 13.1. The summed E-state index contributed by atoms with van der Waals surface area (Å²) < 4.78 is 17.7. The van der Waals surface area contributed by atoms with Crippen molar-refractivity contribution in [2.45, 2.75) is 13.2 Å². The second-order valence-corrected chi connectivity index (χ2v) is 7.38. The summed E-state index contributed by atoms with van der Waals surface area (Å²) >= 11 is 0. The van der Waals surface area contributed by atoms with E-state index in [9.17, 15) is 9.70 Å². The van der Waals surface area contributed by atoms with Crippen LogP contribution in [0.2, 0.25) is 0 Å². The van der Waals surface area contributed by atoms with Gasteiger partial charge in [0, 0.05) is 47.7 Å². The molecule has 1 unspecified atom stereocenters. The number of ether oxygens (including phenoxy) is 2. The van der Waals surface area contributed by atoms with Crippen molar-refractivity contribution in [2.24, 2.45) is 21.4 Å². The van der Waals surface area contributed by atoms with Crippen molar-refractivity contribution in [3.63, 3.8) is 0 Å². The van der Waals surface area contributed by atoms with Crippen LogP contribution in [0.25, 0.3) is 0 Å². The van der Waals surface area contributed by atoms with Gasteiger partial charge >= 0.3 is 0 Å². The molecule has 0 aliphatic carbocycles. The first-order valence-electron chi connectivity index (χ1n) is 10.8. The number of hydrogen-bond donors (Lipinski definition) is 2. The quantitative estimate of drug-likeness (QED) is 0.0714. The summed E-state index contributed by atoms with van der Waals surface area (Å²) in [6.45, 7) is 1.41. The number of nitroso groups, excluding NO2 is 1. The van der Waals surface area contributed by atoms with Gasteiger partial charge in [0.1, 0.15) is 6.73 Å². The normalized spacial score (nSPS) is 13.4. The van der Waals surface area contributed by atoms with Crippen molar-refractivity contribution in [3.05, 3.63) is 83.0 Å². The van der Waals surface area contributed by atoms with Gasteiger partial charge in [-0.25, -0.2) is 0 Å². The molecule has 1 aromatic rings. The molecule has 1 aliphatic rings. The molecule has 36 heavy (non-hydrogen) atoms. The minimum Gasteiger partial charge on any atom is -0.411 e. The van der Waals surface area contributed by atoms with Gasteiger partial charge in [0.25, 0.3) is 19.2 Å². The minimum atomic E-state index is -0.00840. The summed E-state index contributed by atoms with van der Waals surface area (Å²) in [5.74, 6) is -0.00840. The number of carbonyl (C=O) groups excluding carboxylic acids is 1. The maximum Gasteiger partial charge on any atom is 0.292 e. The summed E-state index contributed by atoms with van der Waals surface area (Å²) in [7, 11) is 0. The van der Waals surface area contributed by atoms with E-state index in [1.54, 1.807) is 55.3 Å². The number of aromatic nitrogens is 1. The van der Waals surface area contributed by atoms with Gasteiger partial charge in [-0.15, -0.1) is 9.58 Å². The zero-order chi connectivity index (χ0) is 25.8. The maximum absolute atomic E-state index is 10.8. The van der Waals surface area contributed by atoms with E-state index in [1.807, 2.05) is 9.47 Å². The zero-order valence-electron chi connectivity index (χ0n) is 19.5. The van der Waals surface area contributed by atoms with Crippen LogP contribution in [-0.2, 0) is 16.2 Å². The molecule has 0 bridgehead atoms. The summed E-state index contributed by atoms with van der Waals surface area (Å²) in [6, 6.07) is 3.41. The monoisotopic (exact) mass is 496 g/mol. The van der Waals surface area contributed by atoms with E-state index in [-0.39, 0.29) is 5.92 Å². The fourth-order valence-corrected chi connectivity index (χ4v) is 2.82. The molecule has 0 saturated heterocycles. The molecule has 0 fully saturated rings. The van der Waals surface area contributed by atoms with Crippen molar-refractivity contribution >= 4 is 31.1 Å². The Balaban J connectivity index is 1.92. The molecule has 1 aliphatic heterocycles. The number of aldehydes is 1. The third-order valence-corrected chi connectivity index (χ3v) is 4.67. The van der Waals surface area contributed by atoms with Crippen molar-refractivity contribution in [3.8, 4) is 0 Å². The van der Waals surface area contributed by atoms with Crippen LogP contribution in [-0.4, -0.2) is 66.4 Å². The largest absolute Gasteiger partial charge is 0.411 e. The van der Waals surface area contributed by atoms with E-state index in [4.69, 9.17) is 19.9 Å². The summed E-state index contributed by atoms with van der Waals surface area (Å²) in [6.07, 6.45) is 20.1. The van der Waals surface area contributed by atoms with Gasteiger partial charge in [-0.1, -0.05) is 10.3 Å². The fourth-order valence-electron chi connectivity index (χ4n) is 2.82. The Bertz CT molecular complexity index is 1050. The topological polar surface area (TPSA) is 151 Å². The van der Waals surface area contributed by atoms with Crippen molar-refractivity contribution in [2.75, 3.05) is 19.9 Å². The van der Waals surface area contributed by atoms with Crippen LogP contribution in [0.1, 0.15) is 16.8 Å². The fraction of sp³-hybridized carbons (Fsp3) is 0.250. The highest BCUT2D eigenvalue weighted by atomic mass is 16.5. The van der Waals surface area contributed by atoms with Crippen molar-refractivity contribution in [1.29, 1.82) is 0 Å². The molecule has 0 radical (unpaired) electrons. The maximum atomic E-state index is 10.8. The van der Waals surface area contributed by atoms with Gasteiger partial charge < -0.3 is 24.8 Å². The molecule has 188 valence electrons. The Labute approximate surface area is 207 Å². The highest BCUT2D eigenvalue weighted by Crippen LogP contribution is 2.10. The molecule has 0 spiro atoms. The first-order chi connectivity index (χ1) is 17.7. The lowest BCUT2D eigenvalue weighted by Crippen LogP contribution is -2.35. The molecule has 2 heterocycles. The first kappa shape index (κ1) is 27.7. The number of rotatable bonds is 15. The predicted octanol–water partition coefficient (Wildman–Crippen LogP) is 1.79. The van der Waals surface area contributed by atoms with Crippen LogP contribution < -0.4 is 9.24 Å². The molecule has 1 atom stereocenters. The summed E-state index contributed by atoms with van der Waals surface area (Å²) in [5, 5.41) is 25.7. The van der Waals surface area contributed by atoms with E-state index in [1.165, 1.54) is 18.5 Å². The van der Waals surface area contributed by atoms with E-state index in [0.717, 1.165) is 18.7 Å². The standard InChI is InChI=1S/C24H26N6O6/c31-16-22-5-11-30(12-6-22)20-36-18-24(2-8-25-7-1-23(14-27-33)15-28-34)17-35-19-29-9-3-21(4-10-29)13-26-32/h1,3-16,24H,2,17-20H2/p+2. The van der Waals surface area contributed by atoms with E-state index in [2.05, 4.69) is 20.2 Å². The SMILES string of the molecule is O=Cc1cc[n+](COCC(CC=[N+]=CC=C(/C=N/O)/C=N/O)COCN2C=CC(=CN=O)C=C2)cc1. The van der Waals surface area contributed by atoms with Gasteiger partial charge in [0.2, 0.25) is 0 Å². The van der Waals surface area contributed by atoms with E-state index < -0.39 is 0 Å². The van der Waals surface area contributed by atoms with Crippen LogP contribution in [0.3, 0.4) is 0 Å². The minimum absolute atomic E-state index is 0.00840. The Morgan fingerprint density at radius 2 is 1.81 bits per heavy atom. The van der Waals surface area contributed by atoms with Gasteiger partial charge in [-0.3, -0.25) is 4.79 Å². The number of pyridine rings is 1. The average molecular weight is 497 g/mol. The van der Waals surface area contributed by atoms with Crippen LogP contribution in [0, 0.1) is 10.8 Å². The molecule has 0 aromatic carbocycles. The zero-order valence-corrected chi connectivity index (χ0v) is 19.5. The number of allylic oxidation sites excluding steroid dienone is 5. The molecule has 12 nitrogen and oxygen atoms in total. The Morgan fingerprint density at radius 1 is 1.11 bits per heavy atom. The van der Waals surface area contributed by atoms with Crippen molar-refractivity contribution in [1.82, 2.24) is 9.57 Å².